The third kappa shape index (κ3) is 2.22. The molecule has 0 aliphatic carbocycles. The Kier molecular flexibility index (Phi) is 2.82. The predicted octanol–water partition coefficient (Wildman–Crippen LogP) is 1.71. The van der Waals surface area contributed by atoms with Crippen molar-refractivity contribution in [2.45, 2.75) is 6.42 Å². The van der Waals surface area contributed by atoms with Crippen molar-refractivity contribution in [2.75, 3.05) is 31.2 Å². The summed E-state index contributed by atoms with van der Waals surface area (Å²) in [5, 5.41) is 0. The van der Waals surface area contributed by atoms with E-state index in [1.165, 1.54) is 5.69 Å². The van der Waals surface area contributed by atoms with E-state index in [-0.39, 0.29) is 0 Å². The van der Waals surface area contributed by atoms with Crippen molar-refractivity contribution >= 4 is 5.69 Å². The highest BCUT2D eigenvalue weighted by Gasteiger charge is 2.08. The Balaban J connectivity index is 2.06. The van der Waals surface area contributed by atoms with Crippen molar-refractivity contribution in [1.82, 2.24) is 0 Å². The van der Waals surface area contributed by atoms with Crippen LogP contribution in [0.25, 0.3) is 0 Å². The highest BCUT2D eigenvalue weighted by Crippen LogP contribution is 2.14. The van der Waals surface area contributed by atoms with Gasteiger partial charge in [0.2, 0.25) is 0 Å². The molecule has 0 spiro atoms. The molecule has 0 saturated carbocycles. The van der Waals surface area contributed by atoms with Crippen LogP contribution in [0.1, 0.15) is 6.42 Å². The summed E-state index contributed by atoms with van der Waals surface area (Å²) < 4.78 is 5.40. The third-order valence-corrected chi connectivity index (χ3v) is 2.29. The Bertz CT molecular complexity index is 240. The van der Waals surface area contributed by atoms with Gasteiger partial charge in [0, 0.05) is 25.4 Å². The standard InChI is InChI=1S/C11H14NO/c1-2-5-11(6-3-1)12-7-4-9-13-10-8-12/h2-3,5-6H,4,7-10H2. The molecule has 0 unspecified atom stereocenters. The minimum atomic E-state index is 0.846. The van der Waals surface area contributed by atoms with Gasteiger partial charge in [-0.25, -0.2) is 0 Å². The number of hydrogen-bond donors (Lipinski definition) is 0. The summed E-state index contributed by atoms with van der Waals surface area (Å²) in [5.41, 5.74) is 1.28. The molecule has 1 aromatic carbocycles. The van der Waals surface area contributed by atoms with Crippen LogP contribution < -0.4 is 4.90 Å². The van der Waals surface area contributed by atoms with Crippen molar-refractivity contribution in [3.05, 3.63) is 30.3 Å². The van der Waals surface area contributed by atoms with Gasteiger partial charge in [-0.05, 0) is 24.6 Å². The molecule has 1 aliphatic heterocycles. The first-order chi connectivity index (χ1) is 6.47. The molecule has 0 atom stereocenters. The Hall–Kier alpha value is -1.02. The van der Waals surface area contributed by atoms with Gasteiger partial charge >= 0.3 is 0 Å². The lowest BCUT2D eigenvalue weighted by Gasteiger charge is -2.21. The largest absolute Gasteiger partial charge is 0.380 e. The van der Waals surface area contributed by atoms with Crippen molar-refractivity contribution in [3.63, 3.8) is 0 Å². The van der Waals surface area contributed by atoms with Crippen molar-refractivity contribution in [1.29, 1.82) is 0 Å². The van der Waals surface area contributed by atoms with Crippen LogP contribution in [-0.4, -0.2) is 26.3 Å². The lowest BCUT2D eigenvalue weighted by Crippen LogP contribution is -2.25. The molecule has 1 fully saturated rings. The first-order valence-corrected chi connectivity index (χ1v) is 4.75. The van der Waals surface area contributed by atoms with Crippen LogP contribution in [0.15, 0.2) is 24.3 Å². The molecule has 2 heteroatoms. The first-order valence-electron chi connectivity index (χ1n) is 4.75. The maximum absolute atomic E-state index is 5.40. The summed E-state index contributed by atoms with van der Waals surface area (Å²) in [7, 11) is 0. The number of hydrogen-bond acceptors (Lipinski definition) is 2. The van der Waals surface area contributed by atoms with Crippen LogP contribution in [0, 0.1) is 6.07 Å². The number of rotatable bonds is 1. The molecule has 1 aliphatic rings. The van der Waals surface area contributed by atoms with Gasteiger partial charge in [0.15, 0.2) is 0 Å². The van der Waals surface area contributed by atoms with E-state index in [0.29, 0.717) is 0 Å². The van der Waals surface area contributed by atoms with Gasteiger partial charge in [0.25, 0.3) is 0 Å². The van der Waals surface area contributed by atoms with Crippen molar-refractivity contribution in [3.8, 4) is 0 Å². The highest BCUT2D eigenvalue weighted by atomic mass is 16.5. The van der Waals surface area contributed by atoms with Crippen molar-refractivity contribution < 1.29 is 4.74 Å². The fraction of sp³-hybridized carbons (Fsp3) is 0.455. The van der Waals surface area contributed by atoms with Gasteiger partial charge in [-0.1, -0.05) is 12.1 Å². The number of nitrogens with zero attached hydrogens (tertiary/aromatic N) is 1. The monoisotopic (exact) mass is 176 g/mol. The molecule has 1 radical (unpaired) electrons. The third-order valence-electron chi connectivity index (χ3n) is 2.29. The van der Waals surface area contributed by atoms with Gasteiger partial charge in [-0.3, -0.25) is 0 Å². The molecule has 0 amide bonds. The summed E-state index contributed by atoms with van der Waals surface area (Å²) >= 11 is 0. The Labute approximate surface area is 79.1 Å². The molecule has 2 rings (SSSR count). The first kappa shape index (κ1) is 8.57. The molecular formula is C11H14NO. The second-order valence-corrected chi connectivity index (χ2v) is 3.21. The van der Waals surface area contributed by atoms with E-state index in [4.69, 9.17) is 4.74 Å². The van der Waals surface area contributed by atoms with Crippen LogP contribution in [0.3, 0.4) is 0 Å². The van der Waals surface area contributed by atoms with Gasteiger partial charge in [0.05, 0.1) is 6.61 Å². The number of benzene rings is 1. The SMILES string of the molecule is [c]1ccc(N2CCCOCC2)cc1. The van der Waals surface area contributed by atoms with Gasteiger partial charge < -0.3 is 9.64 Å². The lowest BCUT2D eigenvalue weighted by molar-refractivity contribution is 0.152. The predicted molar refractivity (Wildman–Crippen MR) is 52.9 cm³/mol. The average Bonchev–Trinajstić information content (AvgIpc) is 2.47. The van der Waals surface area contributed by atoms with E-state index in [2.05, 4.69) is 23.1 Å². The quantitative estimate of drug-likeness (QED) is 0.646. The fourth-order valence-corrected chi connectivity index (χ4v) is 1.59. The van der Waals surface area contributed by atoms with E-state index in [1.807, 2.05) is 12.1 Å². The Morgan fingerprint density at radius 2 is 2.00 bits per heavy atom. The normalized spacial score (nSPS) is 18.3. The second-order valence-electron chi connectivity index (χ2n) is 3.21. The molecule has 69 valence electrons. The maximum atomic E-state index is 5.40. The Morgan fingerprint density at radius 1 is 1.15 bits per heavy atom. The zero-order valence-corrected chi connectivity index (χ0v) is 7.70. The minimum absolute atomic E-state index is 0.846. The van der Waals surface area contributed by atoms with Crippen LogP contribution >= 0.6 is 0 Å². The summed E-state index contributed by atoms with van der Waals surface area (Å²) in [5.74, 6) is 0. The van der Waals surface area contributed by atoms with E-state index in [9.17, 15) is 0 Å². The molecule has 0 aromatic heterocycles. The topological polar surface area (TPSA) is 12.5 Å². The van der Waals surface area contributed by atoms with Crippen LogP contribution in [-0.2, 0) is 4.74 Å². The molecule has 1 heterocycles. The molecule has 13 heavy (non-hydrogen) atoms. The molecule has 1 aromatic rings. The smallest absolute Gasteiger partial charge is 0.0641 e. The summed E-state index contributed by atoms with van der Waals surface area (Å²) in [6, 6.07) is 11.2. The number of anilines is 1. The van der Waals surface area contributed by atoms with Crippen LogP contribution in [0.2, 0.25) is 0 Å². The molecule has 0 N–H and O–H groups in total. The summed E-state index contributed by atoms with van der Waals surface area (Å²) in [6.45, 7) is 3.85. The van der Waals surface area contributed by atoms with E-state index >= 15 is 0 Å². The van der Waals surface area contributed by atoms with Crippen LogP contribution in [0.4, 0.5) is 5.69 Å². The van der Waals surface area contributed by atoms with E-state index in [0.717, 1.165) is 32.7 Å². The fourth-order valence-electron chi connectivity index (χ4n) is 1.59. The van der Waals surface area contributed by atoms with Gasteiger partial charge in [-0.2, -0.15) is 0 Å². The molecular weight excluding hydrogens is 162 g/mol. The summed E-state index contributed by atoms with van der Waals surface area (Å²) in [4.78, 5) is 2.36. The zero-order valence-electron chi connectivity index (χ0n) is 7.70. The average molecular weight is 176 g/mol. The maximum Gasteiger partial charge on any atom is 0.0641 e. The lowest BCUT2D eigenvalue weighted by atomic mass is 10.3. The van der Waals surface area contributed by atoms with Crippen molar-refractivity contribution in [2.24, 2.45) is 0 Å². The molecule has 0 bridgehead atoms. The minimum Gasteiger partial charge on any atom is -0.380 e. The zero-order chi connectivity index (χ0) is 8.93. The van der Waals surface area contributed by atoms with E-state index < -0.39 is 0 Å². The van der Waals surface area contributed by atoms with Gasteiger partial charge in [-0.15, -0.1) is 0 Å². The molecule has 2 nitrogen and oxygen atoms in total. The van der Waals surface area contributed by atoms with E-state index in [1.54, 1.807) is 0 Å². The Morgan fingerprint density at radius 3 is 2.85 bits per heavy atom. The highest BCUT2D eigenvalue weighted by molar-refractivity contribution is 5.45. The summed E-state index contributed by atoms with van der Waals surface area (Å²) in [6.07, 6.45) is 1.12. The number of ether oxygens (including phenoxy) is 1. The second kappa shape index (κ2) is 4.28. The molecule has 1 saturated heterocycles. The van der Waals surface area contributed by atoms with Gasteiger partial charge in [0.1, 0.15) is 0 Å². The van der Waals surface area contributed by atoms with Crippen LogP contribution in [0.5, 0.6) is 0 Å².